The fourth-order valence-electron chi connectivity index (χ4n) is 3.56. The van der Waals surface area contributed by atoms with E-state index in [-0.39, 0.29) is 5.91 Å². The Kier molecular flexibility index (Phi) is 5.73. The van der Waals surface area contributed by atoms with Gasteiger partial charge in [-0.15, -0.1) is 11.3 Å². The van der Waals surface area contributed by atoms with Crippen LogP contribution in [0.1, 0.15) is 60.0 Å². The standard InChI is InChI=1S/C21H23IN2OS/c1-4-21(2,3)13-9-10-14-16(12-23)20(26-18(14)11-13)24-19(25)15-7-5-6-8-17(15)22/h5-8,13H,4,9-11H2,1-3H3,(H,24,25)/t13-/m1/s1. The molecule has 3 nitrogen and oxygen atoms in total. The minimum atomic E-state index is -0.143. The van der Waals surface area contributed by atoms with Gasteiger partial charge in [-0.3, -0.25) is 4.79 Å². The second-order valence-corrected chi connectivity index (χ2v) is 9.80. The maximum Gasteiger partial charge on any atom is 0.257 e. The number of fused-ring (bicyclic) bond motifs is 1. The molecule has 1 aromatic heterocycles. The second kappa shape index (κ2) is 7.69. The predicted molar refractivity (Wildman–Crippen MR) is 116 cm³/mol. The zero-order valence-electron chi connectivity index (χ0n) is 15.4. The zero-order chi connectivity index (χ0) is 18.9. The van der Waals surface area contributed by atoms with Crippen molar-refractivity contribution in [2.24, 2.45) is 11.3 Å². The Labute approximate surface area is 173 Å². The van der Waals surface area contributed by atoms with Crippen LogP contribution in [0, 0.1) is 26.2 Å². The van der Waals surface area contributed by atoms with E-state index in [2.05, 4.69) is 54.7 Å². The summed E-state index contributed by atoms with van der Waals surface area (Å²) in [6, 6.07) is 9.84. The molecule has 0 fully saturated rings. The van der Waals surface area contributed by atoms with Crippen molar-refractivity contribution in [3.8, 4) is 6.07 Å². The molecule has 5 heteroatoms. The lowest BCUT2D eigenvalue weighted by Gasteiger charge is -2.36. The van der Waals surface area contributed by atoms with Gasteiger partial charge in [-0.1, -0.05) is 39.3 Å². The number of anilines is 1. The van der Waals surface area contributed by atoms with Gasteiger partial charge >= 0.3 is 0 Å². The van der Waals surface area contributed by atoms with Crippen LogP contribution in [0.15, 0.2) is 24.3 Å². The van der Waals surface area contributed by atoms with Gasteiger partial charge in [-0.25, -0.2) is 0 Å². The number of amides is 1. The molecule has 0 radical (unpaired) electrons. The van der Waals surface area contributed by atoms with Crippen molar-refractivity contribution in [2.75, 3.05) is 5.32 Å². The molecule has 1 aliphatic carbocycles. The molecule has 1 heterocycles. The van der Waals surface area contributed by atoms with Crippen LogP contribution >= 0.6 is 33.9 Å². The molecule has 0 aliphatic heterocycles. The predicted octanol–water partition coefficient (Wildman–Crippen LogP) is 6.02. The van der Waals surface area contributed by atoms with Crippen molar-refractivity contribution in [1.29, 1.82) is 5.26 Å². The number of carbonyl (C=O) groups excluding carboxylic acids is 1. The first-order valence-electron chi connectivity index (χ1n) is 8.98. The molecule has 136 valence electrons. The van der Waals surface area contributed by atoms with Gasteiger partial charge < -0.3 is 5.32 Å². The molecule has 3 rings (SSSR count). The van der Waals surface area contributed by atoms with Gasteiger partial charge in [0.05, 0.1) is 11.1 Å². The number of rotatable bonds is 4. The molecule has 0 spiro atoms. The lowest BCUT2D eigenvalue weighted by Crippen LogP contribution is -2.28. The quantitative estimate of drug-likeness (QED) is 0.547. The molecule has 0 bridgehead atoms. The molecule has 0 unspecified atom stereocenters. The normalized spacial score (nSPS) is 16.7. The molecule has 2 aromatic rings. The highest BCUT2D eigenvalue weighted by Crippen LogP contribution is 2.45. The number of nitriles is 1. The third-order valence-corrected chi connectivity index (χ3v) is 7.85. The fraction of sp³-hybridized carbons (Fsp3) is 0.429. The van der Waals surface area contributed by atoms with Crippen LogP contribution < -0.4 is 5.32 Å². The Morgan fingerprint density at radius 3 is 2.81 bits per heavy atom. The van der Waals surface area contributed by atoms with Crippen molar-refractivity contribution in [3.63, 3.8) is 0 Å². The summed E-state index contributed by atoms with van der Waals surface area (Å²) in [5.74, 6) is 0.486. The number of nitrogens with one attached hydrogen (secondary N) is 1. The smallest absolute Gasteiger partial charge is 0.257 e. The van der Waals surface area contributed by atoms with Gasteiger partial charge in [0.25, 0.3) is 5.91 Å². The van der Waals surface area contributed by atoms with Crippen molar-refractivity contribution in [3.05, 3.63) is 49.4 Å². The monoisotopic (exact) mass is 478 g/mol. The summed E-state index contributed by atoms with van der Waals surface area (Å²) in [6.45, 7) is 6.92. The Hall–Kier alpha value is -1.39. The van der Waals surface area contributed by atoms with Crippen molar-refractivity contribution < 1.29 is 4.79 Å². The van der Waals surface area contributed by atoms with Crippen molar-refractivity contribution in [2.45, 2.75) is 46.5 Å². The number of hydrogen-bond acceptors (Lipinski definition) is 3. The molecular formula is C21H23IN2OS. The molecule has 1 atom stereocenters. The number of carbonyl (C=O) groups is 1. The van der Waals surface area contributed by atoms with E-state index in [9.17, 15) is 10.1 Å². The summed E-state index contributed by atoms with van der Waals surface area (Å²) in [5, 5.41) is 13.4. The highest BCUT2D eigenvalue weighted by atomic mass is 127. The van der Waals surface area contributed by atoms with E-state index in [1.54, 1.807) is 11.3 Å². The lowest BCUT2D eigenvalue weighted by atomic mass is 9.69. The molecule has 0 saturated heterocycles. The van der Waals surface area contributed by atoms with Crippen LogP contribution in [0.4, 0.5) is 5.00 Å². The van der Waals surface area contributed by atoms with Crippen molar-refractivity contribution >= 4 is 44.8 Å². The van der Waals surface area contributed by atoms with Crippen LogP contribution in [0.3, 0.4) is 0 Å². The second-order valence-electron chi connectivity index (χ2n) is 7.54. The molecule has 1 aromatic carbocycles. The van der Waals surface area contributed by atoms with E-state index in [1.165, 1.54) is 4.88 Å². The maximum absolute atomic E-state index is 12.7. The first-order valence-corrected chi connectivity index (χ1v) is 10.9. The minimum Gasteiger partial charge on any atom is -0.312 e. The Balaban J connectivity index is 1.88. The third kappa shape index (κ3) is 3.67. The SMILES string of the molecule is CCC(C)(C)[C@@H]1CCc2c(sc(NC(=O)c3ccccc3I)c2C#N)C1. The zero-order valence-corrected chi connectivity index (χ0v) is 18.3. The summed E-state index contributed by atoms with van der Waals surface area (Å²) in [4.78, 5) is 13.9. The number of benzene rings is 1. The van der Waals surface area contributed by atoms with Gasteiger partial charge in [0.15, 0.2) is 0 Å². The first-order chi connectivity index (χ1) is 12.4. The van der Waals surface area contributed by atoms with Gasteiger partial charge in [-0.05, 0) is 70.9 Å². The van der Waals surface area contributed by atoms with Crippen LogP contribution in [-0.2, 0) is 12.8 Å². The third-order valence-electron chi connectivity index (χ3n) is 5.74. The lowest BCUT2D eigenvalue weighted by molar-refractivity contribution is 0.102. The van der Waals surface area contributed by atoms with Gasteiger partial charge in [0.1, 0.15) is 11.1 Å². The van der Waals surface area contributed by atoms with Crippen LogP contribution in [-0.4, -0.2) is 5.91 Å². The summed E-state index contributed by atoms with van der Waals surface area (Å²) >= 11 is 3.75. The van der Waals surface area contributed by atoms with Gasteiger partial charge in [-0.2, -0.15) is 5.26 Å². The molecular weight excluding hydrogens is 455 g/mol. The van der Waals surface area contributed by atoms with Crippen LogP contribution in [0.25, 0.3) is 0 Å². The van der Waals surface area contributed by atoms with Gasteiger partial charge in [0.2, 0.25) is 0 Å². The summed E-state index contributed by atoms with van der Waals surface area (Å²) in [5.41, 5.74) is 2.77. The Bertz CT molecular complexity index is 879. The minimum absolute atomic E-state index is 0.143. The molecule has 1 aliphatic rings. The average molecular weight is 478 g/mol. The number of halogens is 1. The molecule has 1 amide bonds. The average Bonchev–Trinajstić information content (AvgIpc) is 2.97. The number of hydrogen-bond donors (Lipinski definition) is 1. The van der Waals surface area contributed by atoms with E-state index in [0.29, 0.717) is 27.5 Å². The fourth-order valence-corrected chi connectivity index (χ4v) is 5.47. The van der Waals surface area contributed by atoms with E-state index in [1.807, 2.05) is 24.3 Å². The maximum atomic E-state index is 12.7. The highest BCUT2D eigenvalue weighted by Gasteiger charge is 2.34. The highest BCUT2D eigenvalue weighted by molar-refractivity contribution is 14.1. The number of nitrogens with zero attached hydrogens (tertiary/aromatic N) is 1. The largest absolute Gasteiger partial charge is 0.312 e. The Morgan fingerprint density at radius 1 is 1.42 bits per heavy atom. The Morgan fingerprint density at radius 2 is 2.15 bits per heavy atom. The van der Waals surface area contributed by atoms with E-state index in [4.69, 9.17) is 0 Å². The number of thiophene rings is 1. The molecule has 1 N–H and O–H groups in total. The summed E-state index contributed by atoms with van der Waals surface area (Å²) in [7, 11) is 0. The van der Waals surface area contributed by atoms with E-state index < -0.39 is 0 Å². The summed E-state index contributed by atoms with van der Waals surface area (Å²) in [6.07, 6.45) is 4.21. The van der Waals surface area contributed by atoms with Crippen LogP contribution in [0.5, 0.6) is 0 Å². The van der Waals surface area contributed by atoms with Gasteiger partial charge in [0, 0.05) is 8.45 Å². The van der Waals surface area contributed by atoms with Crippen LogP contribution in [0.2, 0.25) is 0 Å². The summed E-state index contributed by atoms with van der Waals surface area (Å²) < 4.78 is 0.909. The van der Waals surface area contributed by atoms with E-state index >= 15 is 0 Å². The van der Waals surface area contributed by atoms with E-state index in [0.717, 1.165) is 34.8 Å². The molecule has 0 saturated carbocycles. The molecule has 26 heavy (non-hydrogen) atoms. The first kappa shape index (κ1) is 19.4. The van der Waals surface area contributed by atoms with Crippen molar-refractivity contribution in [1.82, 2.24) is 0 Å². The topological polar surface area (TPSA) is 52.9 Å².